The average molecular weight is 620 g/mol. The summed E-state index contributed by atoms with van der Waals surface area (Å²) < 4.78 is 32.7. The van der Waals surface area contributed by atoms with Crippen molar-refractivity contribution in [2.45, 2.75) is 76.9 Å². The van der Waals surface area contributed by atoms with Gasteiger partial charge in [0.25, 0.3) is 0 Å². The van der Waals surface area contributed by atoms with Gasteiger partial charge in [-0.2, -0.15) is 0 Å². The SMILES string of the molecule is COc1cccc(CN(C(=O)CN(c2ccc(C(C)(C)C)cc2)S(C)(=O)=O)[C@H](Cc2ccccc2)C(=O)NC2CCCC2)c1. The van der Waals surface area contributed by atoms with E-state index in [0.717, 1.165) is 52.9 Å². The van der Waals surface area contributed by atoms with E-state index in [4.69, 9.17) is 4.74 Å². The van der Waals surface area contributed by atoms with Gasteiger partial charge < -0.3 is 15.0 Å². The van der Waals surface area contributed by atoms with Crippen molar-refractivity contribution < 1.29 is 22.7 Å². The lowest BCUT2D eigenvalue weighted by atomic mass is 9.87. The zero-order valence-electron chi connectivity index (χ0n) is 26.5. The highest BCUT2D eigenvalue weighted by atomic mass is 32.2. The number of nitrogens with zero attached hydrogens (tertiary/aromatic N) is 2. The van der Waals surface area contributed by atoms with Gasteiger partial charge >= 0.3 is 0 Å². The van der Waals surface area contributed by atoms with Crippen LogP contribution in [-0.2, 0) is 38.0 Å². The fourth-order valence-electron chi connectivity index (χ4n) is 5.63. The van der Waals surface area contributed by atoms with E-state index in [1.165, 1.54) is 4.90 Å². The molecule has 0 aromatic heterocycles. The Kier molecular flexibility index (Phi) is 10.7. The number of carbonyl (C=O) groups excluding carboxylic acids is 2. The molecular weight excluding hydrogens is 574 g/mol. The van der Waals surface area contributed by atoms with Crippen LogP contribution in [0.15, 0.2) is 78.9 Å². The Morgan fingerprint density at radius 3 is 2.16 bits per heavy atom. The van der Waals surface area contributed by atoms with Gasteiger partial charge in [-0.1, -0.05) is 88.2 Å². The van der Waals surface area contributed by atoms with E-state index in [1.807, 2.05) is 66.7 Å². The van der Waals surface area contributed by atoms with Gasteiger partial charge in [-0.3, -0.25) is 13.9 Å². The second kappa shape index (κ2) is 14.3. The summed E-state index contributed by atoms with van der Waals surface area (Å²) in [4.78, 5) is 29.8. The Balaban J connectivity index is 1.73. The predicted molar refractivity (Wildman–Crippen MR) is 175 cm³/mol. The summed E-state index contributed by atoms with van der Waals surface area (Å²) in [6.07, 6.45) is 5.29. The molecule has 1 saturated carbocycles. The predicted octanol–water partition coefficient (Wildman–Crippen LogP) is 5.46. The van der Waals surface area contributed by atoms with Gasteiger partial charge in [0.05, 0.1) is 19.1 Å². The van der Waals surface area contributed by atoms with E-state index in [0.29, 0.717) is 11.4 Å². The lowest BCUT2D eigenvalue weighted by molar-refractivity contribution is -0.140. The van der Waals surface area contributed by atoms with Gasteiger partial charge in [0.1, 0.15) is 18.3 Å². The summed E-state index contributed by atoms with van der Waals surface area (Å²) in [5.74, 6) is -0.0836. The van der Waals surface area contributed by atoms with Crippen LogP contribution in [-0.4, -0.2) is 57.1 Å². The summed E-state index contributed by atoms with van der Waals surface area (Å²) in [6, 6.07) is 23.4. The van der Waals surface area contributed by atoms with Gasteiger partial charge in [-0.05, 0) is 59.2 Å². The summed E-state index contributed by atoms with van der Waals surface area (Å²) in [6.45, 7) is 5.91. The van der Waals surface area contributed by atoms with Gasteiger partial charge in [0, 0.05) is 19.0 Å². The molecule has 1 fully saturated rings. The Morgan fingerprint density at radius 1 is 0.932 bits per heavy atom. The molecule has 1 atom stereocenters. The van der Waals surface area contributed by atoms with Crippen LogP contribution in [0.4, 0.5) is 5.69 Å². The first-order valence-corrected chi connectivity index (χ1v) is 17.0. The molecule has 0 spiro atoms. The fourth-order valence-corrected chi connectivity index (χ4v) is 6.48. The molecule has 0 unspecified atom stereocenters. The molecule has 1 aliphatic carbocycles. The standard InChI is InChI=1S/C35H45N3O5S/c1-35(2,3)28-18-20-30(21-19-28)38(44(5,41)42)25-33(39)37(24-27-14-11-17-31(22-27)43-4)32(23-26-12-7-6-8-13-26)34(40)36-29-15-9-10-16-29/h6-8,11-14,17-22,29,32H,9-10,15-16,23-25H2,1-5H3,(H,36,40)/t32-/m1/s1. The number of benzene rings is 3. The molecule has 2 amide bonds. The number of methoxy groups -OCH3 is 1. The highest BCUT2D eigenvalue weighted by Crippen LogP contribution is 2.27. The first-order valence-electron chi connectivity index (χ1n) is 15.2. The number of hydrogen-bond acceptors (Lipinski definition) is 5. The van der Waals surface area contributed by atoms with Crippen molar-refractivity contribution in [3.8, 4) is 5.75 Å². The zero-order valence-corrected chi connectivity index (χ0v) is 27.3. The minimum atomic E-state index is -3.84. The van der Waals surface area contributed by atoms with Crippen molar-refractivity contribution >= 4 is 27.5 Å². The van der Waals surface area contributed by atoms with Crippen molar-refractivity contribution in [3.05, 3.63) is 95.6 Å². The van der Waals surface area contributed by atoms with Crippen molar-refractivity contribution in [3.63, 3.8) is 0 Å². The van der Waals surface area contributed by atoms with E-state index < -0.39 is 28.5 Å². The lowest BCUT2D eigenvalue weighted by Crippen LogP contribution is -2.54. The lowest BCUT2D eigenvalue weighted by Gasteiger charge is -2.34. The summed E-state index contributed by atoms with van der Waals surface area (Å²) in [7, 11) is -2.26. The largest absolute Gasteiger partial charge is 0.497 e. The molecule has 9 heteroatoms. The van der Waals surface area contributed by atoms with Crippen LogP contribution < -0.4 is 14.4 Å². The molecule has 0 heterocycles. The molecule has 0 saturated heterocycles. The third-order valence-electron chi connectivity index (χ3n) is 8.16. The van der Waals surface area contributed by atoms with Crippen molar-refractivity contribution in [1.29, 1.82) is 0 Å². The molecule has 236 valence electrons. The molecule has 8 nitrogen and oxygen atoms in total. The maximum atomic E-state index is 14.3. The molecule has 3 aromatic carbocycles. The maximum Gasteiger partial charge on any atom is 0.244 e. The molecule has 1 N–H and O–H groups in total. The van der Waals surface area contributed by atoms with Crippen molar-refractivity contribution in [2.75, 3.05) is 24.2 Å². The van der Waals surface area contributed by atoms with Crippen molar-refractivity contribution in [2.24, 2.45) is 0 Å². The van der Waals surface area contributed by atoms with E-state index in [9.17, 15) is 18.0 Å². The normalized spacial score (nSPS) is 14.6. The van der Waals surface area contributed by atoms with Gasteiger partial charge in [0.2, 0.25) is 21.8 Å². The van der Waals surface area contributed by atoms with Crippen LogP contribution in [0, 0.1) is 0 Å². The first-order chi connectivity index (χ1) is 20.8. The number of anilines is 1. The number of amides is 2. The average Bonchev–Trinajstić information content (AvgIpc) is 3.50. The highest BCUT2D eigenvalue weighted by molar-refractivity contribution is 7.92. The van der Waals surface area contributed by atoms with Crippen LogP contribution in [0.25, 0.3) is 0 Å². The number of rotatable bonds is 12. The fraction of sp³-hybridized carbons (Fsp3) is 0.429. The topological polar surface area (TPSA) is 96.0 Å². The number of ether oxygens (including phenoxy) is 1. The first kappa shape index (κ1) is 33.1. The number of nitrogens with one attached hydrogen (secondary N) is 1. The third-order valence-corrected chi connectivity index (χ3v) is 9.30. The zero-order chi connectivity index (χ0) is 31.9. The molecule has 3 aromatic rings. The quantitative estimate of drug-likeness (QED) is 0.291. The summed E-state index contributed by atoms with van der Waals surface area (Å²) >= 11 is 0. The Labute approximate surface area is 262 Å². The van der Waals surface area contributed by atoms with E-state index >= 15 is 0 Å². The Hall–Kier alpha value is -3.85. The summed E-state index contributed by atoms with van der Waals surface area (Å²) in [5.41, 5.74) is 3.00. The number of sulfonamides is 1. The van der Waals surface area contributed by atoms with Gasteiger partial charge in [-0.25, -0.2) is 8.42 Å². The second-order valence-corrected chi connectivity index (χ2v) is 14.5. The van der Waals surface area contributed by atoms with Crippen LogP contribution in [0.1, 0.15) is 63.1 Å². The van der Waals surface area contributed by atoms with Crippen LogP contribution in [0.5, 0.6) is 5.75 Å². The van der Waals surface area contributed by atoms with Gasteiger partial charge in [-0.15, -0.1) is 0 Å². The van der Waals surface area contributed by atoms with Gasteiger partial charge in [0.15, 0.2) is 0 Å². The molecule has 0 bridgehead atoms. The molecule has 0 radical (unpaired) electrons. The maximum absolute atomic E-state index is 14.3. The Bertz CT molecular complexity index is 1510. The molecule has 0 aliphatic heterocycles. The van der Waals surface area contributed by atoms with E-state index in [1.54, 1.807) is 19.2 Å². The number of hydrogen-bond donors (Lipinski definition) is 1. The van der Waals surface area contributed by atoms with E-state index in [-0.39, 0.29) is 30.3 Å². The van der Waals surface area contributed by atoms with Crippen LogP contribution in [0.3, 0.4) is 0 Å². The minimum absolute atomic E-state index is 0.0587. The van der Waals surface area contributed by atoms with Crippen LogP contribution in [0.2, 0.25) is 0 Å². The smallest absolute Gasteiger partial charge is 0.244 e. The molecule has 1 aliphatic rings. The number of carbonyl (C=O) groups is 2. The minimum Gasteiger partial charge on any atom is -0.497 e. The van der Waals surface area contributed by atoms with Crippen LogP contribution >= 0.6 is 0 Å². The second-order valence-electron chi connectivity index (χ2n) is 12.6. The molecular formula is C35H45N3O5S. The van der Waals surface area contributed by atoms with E-state index in [2.05, 4.69) is 26.1 Å². The summed E-state index contributed by atoms with van der Waals surface area (Å²) in [5, 5.41) is 3.19. The Morgan fingerprint density at radius 2 is 1.57 bits per heavy atom. The molecule has 44 heavy (non-hydrogen) atoms. The monoisotopic (exact) mass is 619 g/mol. The molecule has 4 rings (SSSR count). The van der Waals surface area contributed by atoms with Crippen molar-refractivity contribution in [1.82, 2.24) is 10.2 Å². The third kappa shape index (κ3) is 8.85. The highest BCUT2D eigenvalue weighted by Gasteiger charge is 2.34.